The van der Waals surface area contributed by atoms with Crippen molar-refractivity contribution < 1.29 is 19.1 Å². The first-order valence-electron chi connectivity index (χ1n) is 9.90. The first-order valence-corrected chi connectivity index (χ1v) is 9.90. The Morgan fingerprint density at radius 2 is 2.07 bits per heavy atom. The molecule has 4 rings (SSSR count). The van der Waals surface area contributed by atoms with Gasteiger partial charge in [-0.15, -0.1) is 0 Å². The van der Waals surface area contributed by atoms with Crippen molar-refractivity contribution in [2.45, 2.75) is 45.3 Å². The van der Waals surface area contributed by atoms with E-state index in [-0.39, 0.29) is 41.4 Å². The third kappa shape index (κ3) is 3.11. The summed E-state index contributed by atoms with van der Waals surface area (Å²) in [5, 5.41) is 0. The van der Waals surface area contributed by atoms with Crippen molar-refractivity contribution in [1.29, 1.82) is 0 Å². The summed E-state index contributed by atoms with van der Waals surface area (Å²) in [6, 6.07) is 9.68. The van der Waals surface area contributed by atoms with E-state index in [1.54, 1.807) is 6.08 Å². The minimum absolute atomic E-state index is 0.0547. The summed E-state index contributed by atoms with van der Waals surface area (Å²) in [5.41, 5.74) is 2.51. The van der Waals surface area contributed by atoms with Crippen molar-refractivity contribution in [3.63, 3.8) is 0 Å². The van der Waals surface area contributed by atoms with Gasteiger partial charge in [0.05, 0.1) is 0 Å². The van der Waals surface area contributed by atoms with Gasteiger partial charge in [-0.1, -0.05) is 55.5 Å². The molecule has 1 aliphatic heterocycles. The predicted molar refractivity (Wildman–Crippen MR) is 107 cm³/mol. The Morgan fingerprint density at radius 1 is 1.32 bits per heavy atom. The lowest BCUT2D eigenvalue weighted by Gasteiger charge is -2.52. The fourth-order valence-corrected chi connectivity index (χ4v) is 5.19. The van der Waals surface area contributed by atoms with Gasteiger partial charge < -0.3 is 9.47 Å². The molecule has 0 aromatic heterocycles. The maximum Gasteiger partial charge on any atom is 0.334 e. The van der Waals surface area contributed by atoms with Crippen LogP contribution < -0.4 is 0 Å². The molecule has 0 radical (unpaired) electrons. The van der Waals surface area contributed by atoms with Crippen molar-refractivity contribution in [3.8, 4) is 0 Å². The van der Waals surface area contributed by atoms with Gasteiger partial charge >= 0.3 is 11.9 Å². The van der Waals surface area contributed by atoms with Crippen LogP contribution in [0.4, 0.5) is 0 Å². The molecule has 3 aliphatic rings. The summed E-state index contributed by atoms with van der Waals surface area (Å²) in [6.45, 7) is 8.19. The number of fused-ring (bicyclic) bond motifs is 3. The van der Waals surface area contributed by atoms with E-state index in [4.69, 9.17) is 9.47 Å². The Balaban J connectivity index is 1.53. The van der Waals surface area contributed by atoms with E-state index in [0.717, 1.165) is 18.4 Å². The Hall–Kier alpha value is -2.62. The minimum Gasteiger partial charge on any atom is -0.458 e. The lowest BCUT2D eigenvalue weighted by Crippen LogP contribution is -2.53. The largest absolute Gasteiger partial charge is 0.458 e. The van der Waals surface area contributed by atoms with Crippen LogP contribution in [0.1, 0.15) is 38.7 Å². The highest BCUT2D eigenvalue weighted by atomic mass is 16.6. The molecular weight excluding hydrogens is 352 g/mol. The maximum absolute atomic E-state index is 12.5. The van der Waals surface area contributed by atoms with E-state index in [1.165, 1.54) is 11.6 Å². The number of benzene rings is 1. The maximum atomic E-state index is 12.5. The number of hydrogen-bond donors (Lipinski definition) is 0. The van der Waals surface area contributed by atoms with Crippen LogP contribution in [0.25, 0.3) is 6.08 Å². The van der Waals surface area contributed by atoms with E-state index in [2.05, 4.69) is 26.5 Å². The fraction of sp³-hybridized carbons (Fsp3) is 0.417. The van der Waals surface area contributed by atoms with Gasteiger partial charge in [0.25, 0.3) is 0 Å². The van der Waals surface area contributed by atoms with Crippen LogP contribution >= 0.6 is 0 Å². The Kier molecular flexibility index (Phi) is 4.74. The van der Waals surface area contributed by atoms with Gasteiger partial charge in [0.2, 0.25) is 0 Å². The molecule has 5 atom stereocenters. The highest BCUT2D eigenvalue weighted by Crippen LogP contribution is 2.56. The average molecular weight is 378 g/mol. The standard InChI is InChI=1S/C24H26O4/c1-15-9-11-19(27-20(25)12-10-17-7-5-4-6-8-17)24(3)14-13-18-16(2)23(26)28-22(18)21(15)24/h4-10,12,18-19,21-22H,2,11,13-14H2,1,3H3/b12-10+/t18-,19+,21+,22-,24-/m0/s1. The Morgan fingerprint density at radius 3 is 2.82 bits per heavy atom. The Labute approximate surface area is 165 Å². The van der Waals surface area contributed by atoms with Crippen LogP contribution in [-0.2, 0) is 19.1 Å². The molecule has 0 unspecified atom stereocenters. The second kappa shape index (κ2) is 7.08. The van der Waals surface area contributed by atoms with Gasteiger partial charge in [0.15, 0.2) is 0 Å². The second-order valence-electron chi connectivity index (χ2n) is 8.38. The molecule has 1 saturated carbocycles. The molecule has 28 heavy (non-hydrogen) atoms. The van der Waals surface area contributed by atoms with Crippen molar-refractivity contribution in [3.05, 3.63) is 65.8 Å². The number of ether oxygens (including phenoxy) is 2. The highest BCUT2D eigenvalue weighted by Gasteiger charge is 2.58. The molecule has 4 nitrogen and oxygen atoms in total. The van der Waals surface area contributed by atoms with Crippen molar-refractivity contribution in [1.82, 2.24) is 0 Å². The molecule has 1 heterocycles. The van der Waals surface area contributed by atoms with Gasteiger partial charge in [-0.05, 0) is 31.4 Å². The smallest absolute Gasteiger partial charge is 0.334 e. The van der Waals surface area contributed by atoms with Crippen LogP contribution in [0.2, 0.25) is 0 Å². The van der Waals surface area contributed by atoms with Crippen LogP contribution in [0.15, 0.2) is 60.2 Å². The number of carbonyl (C=O) groups is 2. The van der Waals surface area contributed by atoms with E-state index >= 15 is 0 Å². The molecule has 2 aliphatic carbocycles. The summed E-state index contributed by atoms with van der Waals surface area (Å²) >= 11 is 0. The van der Waals surface area contributed by atoms with E-state index in [0.29, 0.717) is 12.0 Å². The third-order valence-electron chi connectivity index (χ3n) is 6.73. The summed E-state index contributed by atoms with van der Waals surface area (Å²) in [7, 11) is 0. The summed E-state index contributed by atoms with van der Waals surface area (Å²) in [6.07, 6.45) is 7.36. The number of carbonyl (C=O) groups excluding carboxylic acids is 2. The molecule has 146 valence electrons. The third-order valence-corrected chi connectivity index (χ3v) is 6.73. The Bertz CT molecular complexity index is 866. The lowest BCUT2D eigenvalue weighted by molar-refractivity contribution is -0.165. The van der Waals surface area contributed by atoms with E-state index < -0.39 is 0 Å². The molecule has 0 N–H and O–H groups in total. The number of esters is 2. The molecule has 1 aromatic carbocycles. The number of rotatable bonds is 3. The van der Waals surface area contributed by atoms with Crippen molar-refractivity contribution >= 4 is 18.0 Å². The molecule has 1 saturated heterocycles. The zero-order chi connectivity index (χ0) is 19.9. The molecule has 4 heteroatoms. The van der Waals surface area contributed by atoms with Crippen LogP contribution in [-0.4, -0.2) is 24.1 Å². The quantitative estimate of drug-likeness (QED) is 0.442. The topological polar surface area (TPSA) is 52.6 Å². The number of hydrogen-bond acceptors (Lipinski definition) is 4. The zero-order valence-electron chi connectivity index (χ0n) is 16.4. The van der Waals surface area contributed by atoms with Crippen LogP contribution in [0, 0.1) is 17.3 Å². The minimum atomic E-state index is -0.336. The van der Waals surface area contributed by atoms with Gasteiger partial charge in [-0.25, -0.2) is 9.59 Å². The second-order valence-corrected chi connectivity index (χ2v) is 8.38. The molecule has 0 amide bonds. The van der Waals surface area contributed by atoms with E-state index in [1.807, 2.05) is 30.3 Å². The zero-order valence-corrected chi connectivity index (χ0v) is 16.4. The molecule has 1 aromatic rings. The van der Waals surface area contributed by atoms with E-state index in [9.17, 15) is 9.59 Å². The summed E-state index contributed by atoms with van der Waals surface area (Å²) in [5.74, 6) is -0.492. The summed E-state index contributed by atoms with van der Waals surface area (Å²) in [4.78, 5) is 24.6. The molecular formula is C24H26O4. The van der Waals surface area contributed by atoms with Gasteiger partial charge in [-0.3, -0.25) is 0 Å². The summed E-state index contributed by atoms with van der Waals surface area (Å²) < 4.78 is 11.6. The van der Waals surface area contributed by atoms with Crippen LogP contribution in [0.5, 0.6) is 0 Å². The predicted octanol–water partition coefficient (Wildman–Crippen LogP) is 4.48. The van der Waals surface area contributed by atoms with Crippen LogP contribution in [0.3, 0.4) is 0 Å². The first kappa shape index (κ1) is 18.7. The normalized spacial score (nSPS) is 34.4. The first-order chi connectivity index (χ1) is 13.4. The molecule has 0 spiro atoms. The highest BCUT2D eigenvalue weighted by molar-refractivity contribution is 5.91. The van der Waals surface area contributed by atoms with Crippen molar-refractivity contribution in [2.24, 2.45) is 17.3 Å². The average Bonchev–Trinajstić information content (AvgIpc) is 2.97. The monoisotopic (exact) mass is 378 g/mol. The molecule has 2 fully saturated rings. The lowest BCUT2D eigenvalue weighted by atomic mass is 9.55. The fourth-order valence-electron chi connectivity index (χ4n) is 5.19. The van der Waals surface area contributed by atoms with Gasteiger partial charge in [0.1, 0.15) is 12.2 Å². The SMILES string of the molecule is C=C1C(=O)O[C@@H]2[C@H]3C(C)=CC[C@@H](OC(=O)/C=C/c4ccccc4)[C@]3(C)CC[C@@H]12. The van der Waals surface area contributed by atoms with Gasteiger partial charge in [0, 0.05) is 35.3 Å². The molecule has 0 bridgehead atoms. The van der Waals surface area contributed by atoms with Gasteiger partial charge in [-0.2, -0.15) is 0 Å². The van der Waals surface area contributed by atoms with Crippen molar-refractivity contribution in [2.75, 3.05) is 0 Å².